The fourth-order valence-electron chi connectivity index (χ4n) is 7.54. The van der Waals surface area contributed by atoms with Gasteiger partial charge in [0.2, 0.25) is 0 Å². The summed E-state index contributed by atoms with van der Waals surface area (Å²) in [7, 11) is 0. The largest absolute Gasteiger partial charge is 0.377 e. The van der Waals surface area contributed by atoms with E-state index in [0.29, 0.717) is 13.2 Å². The van der Waals surface area contributed by atoms with E-state index in [1.165, 1.54) is 49.9 Å². The molecule has 0 aromatic heterocycles. The van der Waals surface area contributed by atoms with Crippen LogP contribution in [0.5, 0.6) is 0 Å². The van der Waals surface area contributed by atoms with Gasteiger partial charge < -0.3 is 10.1 Å². The molecule has 0 saturated heterocycles. The molecule has 3 aliphatic carbocycles. The minimum absolute atomic E-state index is 0.0174. The van der Waals surface area contributed by atoms with E-state index in [1.54, 1.807) is 0 Å². The zero-order valence-corrected chi connectivity index (χ0v) is 27.5. The van der Waals surface area contributed by atoms with E-state index in [9.17, 15) is 0 Å². The lowest BCUT2D eigenvalue weighted by molar-refractivity contribution is 0.105. The third kappa shape index (κ3) is 6.02. The molecule has 2 nitrogen and oxygen atoms in total. The minimum atomic E-state index is -0.217. The van der Waals surface area contributed by atoms with E-state index < -0.39 is 0 Å². The monoisotopic (exact) mass is 613 g/mol. The van der Waals surface area contributed by atoms with Crippen LogP contribution in [-0.2, 0) is 4.74 Å². The highest BCUT2D eigenvalue weighted by atomic mass is 16.5. The van der Waals surface area contributed by atoms with Crippen LogP contribution in [-0.4, -0.2) is 19.3 Å². The highest BCUT2D eigenvalue weighted by Gasteiger charge is 2.46. The van der Waals surface area contributed by atoms with Crippen LogP contribution in [0.4, 0.5) is 5.69 Å². The topological polar surface area (TPSA) is 21.3 Å². The lowest BCUT2D eigenvalue weighted by Gasteiger charge is -2.37. The molecule has 4 aliphatic rings. The minimum Gasteiger partial charge on any atom is -0.377 e. The molecule has 8 rings (SSSR count). The van der Waals surface area contributed by atoms with E-state index in [2.05, 4.69) is 165 Å². The van der Waals surface area contributed by atoms with E-state index in [4.69, 9.17) is 4.74 Å². The average Bonchev–Trinajstić information content (AvgIpc) is 3.38. The molecule has 234 valence electrons. The Morgan fingerprint density at radius 3 is 2.19 bits per heavy atom. The average molecular weight is 614 g/mol. The quantitative estimate of drug-likeness (QED) is 0.248. The van der Waals surface area contributed by atoms with Crippen LogP contribution in [0.1, 0.15) is 26.7 Å². The van der Waals surface area contributed by atoms with Gasteiger partial charge in [0, 0.05) is 21.9 Å². The zero-order valence-electron chi connectivity index (χ0n) is 27.5. The molecular weight excluding hydrogens is 571 g/mol. The van der Waals surface area contributed by atoms with Gasteiger partial charge in [-0.15, -0.1) is 0 Å². The molecule has 2 atom stereocenters. The Kier molecular flexibility index (Phi) is 8.54. The third-order valence-corrected chi connectivity index (χ3v) is 10.1. The van der Waals surface area contributed by atoms with Crippen LogP contribution < -0.4 is 5.32 Å². The van der Waals surface area contributed by atoms with Crippen LogP contribution >= 0.6 is 0 Å². The number of fused-ring (bicyclic) bond motifs is 2. The Morgan fingerprint density at radius 2 is 1.43 bits per heavy atom. The Morgan fingerprint density at radius 1 is 0.723 bits per heavy atom. The fraction of sp³-hybridized carbons (Fsp3) is 0.200. The number of allylic oxidation sites excluding steroid dienone is 7. The molecular formula is C45H43NO. The number of ether oxygens (including phenoxy) is 1. The summed E-state index contributed by atoms with van der Waals surface area (Å²) in [5, 5.41) is 6.50. The number of benzene rings is 4. The van der Waals surface area contributed by atoms with Crippen LogP contribution in [0.25, 0.3) is 21.9 Å². The van der Waals surface area contributed by atoms with Crippen molar-refractivity contribution in [3.05, 3.63) is 186 Å². The molecule has 0 amide bonds. The summed E-state index contributed by atoms with van der Waals surface area (Å²) in [4.78, 5) is 0. The second-order valence-electron chi connectivity index (χ2n) is 13.4. The van der Waals surface area contributed by atoms with E-state index in [-0.39, 0.29) is 16.9 Å². The lowest BCUT2D eigenvalue weighted by Crippen LogP contribution is -2.31. The maximum atomic E-state index is 6.12. The van der Waals surface area contributed by atoms with Crippen LogP contribution in [0.3, 0.4) is 0 Å². The van der Waals surface area contributed by atoms with Crippen LogP contribution in [0.15, 0.2) is 186 Å². The van der Waals surface area contributed by atoms with Crippen LogP contribution in [0, 0.1) is 10.8 Å². The summed E-state index contributed by atoms with van der Waals surface area (Å²) >= 11 is 0. The van der Waals surface area contributed by atoms with E-state index >= 15 is 0 Å². The predicted molar refractivity (Wildman–Crippen MR) is 199 cm³/mol. The number of rotatable bonds is 3. The van der Waals surface area contributed by atoms with Crippen molar-refractivity contribution in [1.29, 1.82) is 0 Å². The van der Waals surface area contributed by atoms with E-state index in [1.807, 2.05) is 12.1 Å². The highest BCUT2D eigenvalue weighted by molar-refractivity contribution is 5.94. The molecule has 4 aromatic carbocycles. The van der Waals surface area contributed by atoms with Gasteiger partial charge in [0.25, 0.3) is 0 Å². The molecule has 1 N–H and O–H groups in total. The first-order valence-electron chi connectivity index (χ1n) is 16.8. The molecule has 4 aromatic rings. The molecule has 2 heteroatoms. The summed E-state index contributed by atoms with van der Waals surface area (Å²) in [6, 6.07) is 36.2. The summed E-state index contributed by atoms with van der Waals surface area (Å²) in [6.07, 6.45) is 19.7. The van der Waals surface area contributed by atoms with Crippen molar-refractivity contribution >= 4 is 16.5 Å². The van der Waals surface area contributed by atoms with Gasteiger partial charge in [0.15, 0.2) is 0 Å². The summed E-state index contributed by atoms with van der Waals surface area (Å²) in [5.41, 5.74) is 10.5. The first-order valence-corrected chi connectivity index (χ1v) is 16.8. The van der Waals surface area contributed by atoms with Gasteiger partial charge in [-0.05, 0) is 63.3 Å². The van der Waals surface area contributed by atoms with Crippen molar-refractivity contribution in [3.8, 4) is 11.1 Å². The number of anilines is 1. The van der Waals surface area contributed by atoms with Gasteiger partial charge in [-0.2, -0.15) is 0 Å². The molecule has 0 bridgehead atoms. The molecule has 1 spiro atoms. The third-order valence-electron chi connectivity index (χ3n) is 10.1. The van der Waals surface area contributed by atoms with Crippen LogP contribution in [0.2, 0.25) is 0 Å². The van der Waals surface area contributed by atoms with Crippen molar-refractivity contribution in [2.45, 2.75) is 32.7 Å². The van der Waals surface area contributed by atoms with Crippen molar-refractivity contribution < 1.29 is 4.74 Å². The molecule has 0 fully saturated rings. The highest BCUT2D eigenvalue weighted by Crippen LogP contribution is 2.57. The summed E-state index contributed by atoms with van der Waals surface area (Å²) in [6.45, 7) is 10.5. The number of nitrogens with one attached hydrogen (secondary N) is 1. The Labute approximate surface area is 279 Å². The molecule has 1 aliphatic heterocycles. The molecule has 47 heavy (non-hydrogen) atoms. The number of hydrogen-bond donors (Lipinski definition) is 1. The van der Waals surface area contributed by atoms with Gasteiger partial charge >= 0.3 is 0 Å². The second-order valence-corrected chi connectivity index (χ2v) is 13.4. The van der Waals surface area contributed by atoms with Gasteiger partial charge in [-0.25, -0.2) is 0 Å². The predicted octanol–water partition coefficient (Wildman–Crippen LogP) is 11.2. The van der Waals surface area contributed by atoms with Crippen molar-refractivity contribution in [2.24, 2.45) is 10.8 Å². The molecule has 0 saturated carbocycles. The SMILES string of the molecule is C=C1/C=C\C=C/COCC12C=CC1=C(C2)C2=C(C=CCC2Nc2cccc3ccccc23)C1(C)C.c1ccc(-c2ccccc2)cc1. The van der Waals surface area contributed by atoms with Crippen molar-refractivity contribution in [1.82, 2.24) is 0 Å². The first-order chi connectivity index (χ1) is 23.0. The Bertz CT molecular complexity index is 1930. The van der Waals surface area contributed by atoms with Crippen molar-refractivity contribution in [3.63, 3.8) is 0 Å². The zero-order chi connectivity index (χ0) is 32.3. The van der Waals surface area contributed by atoms with Crippen molar-refractivity contribution in [2.75, 3.05) is 18.5 Å². The second kappa shape index (κ2) is 13.1. The summed E-state index contributed by atoms with van der Waals surface area (Å²) in [5.74, 6) is 0. The maximum Gasteiger partial charge on any atom is 0.0651 e. The molecule has 0 radical (unpaired) electrons. The smallest absolute Gasteiger partial charge is 0.0651 e. The standard InChI is InChI=1S/C33H33NO.C12H10/c1-23-11-5-4-8-20-35-22-33(23)19-18-27-26(21-33)31-28(32(27,2)3)15-10-17-30(31)34-29-16-9-13-24-12-6-7-14-25(24)29;1-3-7-11(8-4-1)12-9-5-2-6-10-12/h4-16,18-19,30,34H,1,17,20-22H2,2-3H3;1-10H/b8-4-,11-5-;. The lowest BCUT2D eigenvalue weighted by atomic mass is 9.69. The normalized spacial score (nSPS) is 24.0. The number of hydrogen-bond acceptors (Lipinski definition) is 2. The summed E-state index contributed by atoms with van der Waals surface area (Å²) < 4.78 is 6.12. The van der Waals surface area contributed by atoms with E-state index in [0.717, 1.165) is 18.4 Å². The molecule has 2 unspecified atom stereocenters. The fourth-order valence-corrected chi connectivity index (χ4v) is 7.54. The first kappa shape index (κ1) is 30.7. The van der Waals surface area contributed by atoms with Gasteiger partial charge in [0.05, 0.1) is 19.3 Å². The van der Waals surface area contributed by atoms with Gasteiger partial charge in [-0.1, -0.05) is 166 Å². The van der Waals surface area contributed by atoms with Gasteiger partial charge in [-0.3, -0.25) is 0 Å². The maximum absolute atomic E-state index is 6.12. The van der Waals surface area contributed by atoms with Gasteiger partial charge in [0.1, 0.15) is 0 Å². The Balaban J connectivity index is 0.000000245. The Hall–Kier alpha value is -4.92. The molecule has 1 heterocycles.